The first-order valence-electron chi connectivity index (χ1n) is 11.5. The average molecular weight is 507 g/mol. The van der Waals surface area contributed by atoms with Gasteiger partial charge in [0.2, 0.25) is 0 Å². The molecule has 1 fully saturated rings. The van der Waals surface area contributed by atoms with Crippen molar-refractivity contribution in [3.8, 4) is 17.0 Å². The molecule has 2 aromatic rings. The Balaban J connectivity index is 0.000000384. The van der Waals surface area contributed by atoms with E-state index in [0.717, 1.165) is 54.6 Å². The molecule has 0 atom stereocenters. The number of rotatable bonds is 6. The number of fused-ring (bicyclic) bond motifs is 1. The van der Waals surface area contributed by atoms with Crippen molar-refractivity contribution in [1.29, 1.82) is 0 Å². The maximum atomic E-state index is 13.1. The minimum absolute atomic E-state index is 0.0324. The molecule has 3 heterocycles. The zero-order valence-corrected chi connectivity index (χ0v) is 21.1. The number of thioether (sulfide) groups is 1. The Kier molecular flexibility index (Phi) is 10.2. The van der Waals surface area contributed by atoms with Gasteiger partial charge in [0.15, 0.2) is 0 Å². The molecule has 6 nitrogen and oxygen atoms in total. The molecular weight excluding hydrogens is 472 g/mol. The molecule has 4 rings (SSSR count). The molecule has 2 aromatic heterocycles. The Bertz CT molecular complexity index is 915. The normalized spacial score (nSPS) is 16.6. The van der Waals surface area contributed by atoms with Crippen LogP contribution in [0.4, 0.5) is 17.6 Å². The number of ether oxygens (including phenoxy) is 1. The number of aromatic nitrogens is 3. The minimum atomic E-state index is -4.56. The quantitative estimate of drug-likeness (QED) is 0.362. The third-order valence-electron chi connectivity index (χ3n) is 5.30. The van der Waals surface area contributed by atoms with Crippen molar-refractivity contribution in [2.24, 2.45) is 0 Å². The summed E-state index contributed by atoms with van der Waals surface area (Å²) < 4.78 is 57.0. The van der Waals surface area contributed by atoms with Gasteiger partial charge in [-0.25, -0.2) is 0 Å². The van der Waals surface area contributed by atoms with Gasteiger partial charge < -0.3 is 9.94 Å². The topological polar surface area (TPSA) is 72.2 Å². The van der Waals surface area contributed by atoms with Gasteiger partial charge in [0.25, 0.3) is 0 Å². The van der Waals surface area contributed by atoms with E-state index in [1.807, 2.05) is 51.1 Å². The molecule has 1 aliphatic carbocycles. The maximum Gasteiger partial charge on any atom is 0.461 e. The number of pyridine rings is 1. The number of nitrogens with zero attached hydrogens (tertiary/aromatic N) is 3. The summed E-state index contributed by atoms with van der Waals surface area (Å²) in [5, 5.41) is 13.0. The lowest BCUT2D eigenvalue weighted by Gasteiger charge is -2.35. The number of hydrogen-bond acceptors (Lipinski definition) is 6. The van der Waals surface area contributed by atoms with Crippen LogP contribution in [0.5, 0.6) is 5.75 Å². The van der Waals surface area contributed by atoms with E-state index in [-0.39, 0.29) is 11.6 Å². The lowest BCUT2D eigenvalue weighted by molar-refractivity contribution is -0.253. The van der Waals surface area contributed by atoms with Crippen LogP contribution in [0.25, 0.3) is 11.3 Å². The fraction of sp³-hybridized carbons (Fsp3) is 0.652. The average Bonchev–Trinajstić information content (AvgIpc) is 3.19. The van der Waals surface area contributed by atoms with Crippen LogP contribution in [0.2, 0.25) is 0 Å². The van der Waals surface area contributed by atoms with Gasteiger partial charge in [0.05, 0.1) is 17.4 Å². The van der Waals surface area contributed by atoms with Crippen LogP contribution in [0.1, 0.15) is 64.8 Å². The molecule has 0 radical (unpaired) electrons. The molecule has 11 heteroatoms. The number of nitrogens with one attached hydrogen (secondary N) is 1. The van der Waals surface area contributed by atoms with Gasteiger partial charge in [-0.1, -0.05) is 13.8 Å². The predicted octanol–water partition coefficient (Wildman–Crippen LogP) is 6.14. The van der Waals surface area contributed by atoms with E-state index in [0.29, 0.717) is 11.3 Å². The Morgan fingerprint density at radius 1 is 1.18 bits per heavy atom. The molecule has 0 bridgehead atoms. The van der Waals surface area contributed by atoms with Crippen molar-refractivity contribution in [2.75, 3.05) is 11.5 Å². The highest BCUT2D eigenvalue weighted by molar-refractivity contribution is 8.00. The second-order valence-electron chi connectivity index (χ2n) is 8.56. The highest BCUT2D eigenvalue weighted by Crippen LogP contribution is 2.35. The summed E-state index contributed by atoms with van der Waals surface area (Å²) in [4.78, 5) is 3.86. The molecule has 0 spiro atoms. The number of alkyl halides is 4. The monoisotopic (exact) mass is 506 g/mol. The van der Waals surface area contributed by atoms with Gasteiger partial charge in [-0.15, -0.1) is 0 Å². The van der Waals surface area contributed by atoms with Crippen LogP contribution in [0.15, 0.2) is 18.5 Å². The van der Waals surface area contributed by atoms with Crippen molar-refractivity contribution in [3.63, 3.8) is 0 Å². The highest BCUT2D eigenvalue weighted by atomic mass is 32.2. The van der Waals surface area contributed by atoms with Crippen LogP contribution >= 0.6 is 11.8 Å². The smallest absolute Gasteiger partial charge is 0.427 e. The van der Waals surface area contributed by atoms with Gasteiger partial charge in [-0.2, -0.15) is 39.9 Å². The summed E-state index contributed by atoms with van der Waals surface area (Å²) >= 11 is 1.85. The van der Waals surface area contributed by atoms with Crippen molar-refractivity contribution in [1.82, 2.24) is 20.2 Å². The number of halogens is 4. The minimum Gasteiger partial charge on any atom is -0.427 e. The maximum absolute atomic E-state index is 13.1. The first-order valence-corrected chi connectivity index (χ1v) is 12.6. The van der Waals surface area contributed by atoms with Crippen molar-refractivity contribution >= 4 is 11.8 Å². The first kappa shape index (κ1) is 28.4. The lowest BCUT2D eigenvalue weighted by Crippen LogP contribution is -2.51. The van der Waals surface area contributed by atoms with Crippen molar-refractivity contribution < 1.29 is 27.5 Å². The third-order valence-corrected chi connectivity index (χ3v) is 6.99. The van der Waals surface area contributed by atoms with Crippen molar-refractivity contribution in [3.05, 3.63) is 29.7 Å². The second-order valence-corrected chi connectivity index (χ2v) is 9.54. The Hall–Kier alpha value is -1.85. The molecular formula is C23H34F4N4O2S. The zero-order valence-electron chi connectivity index (χ0n) is 20.2. The molecule has 2 N–H and O–H groups in total. The summed E-state index contributed by atoms with van der Waals surface area (Å²) in [5.74, 6) is 1.65. The van der Waals surface area contributed by atoms with Crippen LogP contribution in [-0.4, -0.2) is 49.6 Å². The third kappa shape index (κ3) is 6.85. The van der Waals surface area contributed by atoms with Gasteiger partial charge in [-0.3, -0.25) is 9.67 Å². The van der Waals surface area contributed by atoms with E-state index >= 15 is 0 Å². The number of hydroxylamine groups is 1. The fourth-order valence-corrected chi connectivity index (χ4v) is 4.51. The van der Waals surface area contributed by atoms with E-state index < -0.39 is 18.3 Å². The molecule has 34 heavy (non-hydrogen) atoms. The second kappa shape index (κ2) is 12.2. The van der Waals surface area contributed by atoms with Crippen LogP contribution in [0.3, 0.4) is 0 Å². The van der Waals surface area contributed by atoms with Gasteiger partial charge in [0.1, 0.15) is 5.75 Å². The molecule has 2 aliphatic rings. The lowest BCUT2D eigenvalue weighted by atomic mass is 9.94. The van der Waals surface area contributed by atoms with Crippen LogP contribution in [0, 0.1) is 0 Å². The Morgan fingerprint density at radius 2 is 1.82 bits per heavy atom. The van der Waals surface area contributed by atoms with E-state index in [9.17, 15) is 17.6 Å². The van der Waals surface area contributed by atoms with E-state index in [4.69, 9.17) is 5.21 Å². The molecule has 1 saturated heterocycles. The summed E-state index contributed by atoms with van der Waals surface area (Å²) in [6.07, 6.45) is -2.14. The first-order chi connectivity index (χ1) is 16.1. The summed E-state index contributed by atoms with van der Waals surface area (Å²) in [7, 11) is 0. The molecule has 192 valence electrons. The van der Waals surface area contributed by atoms with Gasteiger partial charge in [0, 0.05) is 40.6 Å². The fourth-order valence-electron chi connectivity index (χ4n) is 3.56. The highest BCUT2D eigenvalue weighted by Gasteiger charge is 2.44. The predicted molar refractivity (Wildman–Crippen MR) is 126 cm³/mol. The molecule has 0 aromatic carbocycles. The zero-order chi connectivity index (χ0) is 25.5. The van der Waals surface area contributed by atoms with Crippen LogP contribution in [-0.2, 0) is 12.8 Å². The largest absolute Gasteiger partial charge is 0.461 e. The van der Waals surface area contributed by atoms with Crippen LogP contribution < -0.4 is 10.2 Å². The van der Waals surface area contributed by atoms with E-state index in [1.54, 1.807) is 0 Å². The molecule has 0 amide bonds. The molecule has 0 unspecified atom stereocenters. The van der Waals surface area contributed by atoms with Gasteiger partial charge in [-0.05, 0) is 52.5 Å². The Labute approximate surface area is 202 Å². The summed E-state index contributed by atoms with van der Waals surface area (Å²) in [6.45, 7) is 10.0. The number of hydrogen-bond donors (Lipinski definition) is 2. The molecule has 0 saturated carbocycles. The molecule has 1 aliphatic heterocycles. The Morgan fingerprint density at radius 3 is 2.32 bits per heavy atom. The van der Waals surface area contributed by atoms with Gasteiger partial charge >= 0.3 is 12.5 Å². The standard InChI is InChI=1S/C17H19F4N3O.C4H9NOS.C2H6/c1-10(2)24-14-6-4-3-5-13(14)15(23-24)11-7-12(9-22-8-11)25-17(20,21)16(18)19;1-4(5-6)2-7-3-4;1-2/h7-10,16H,3-6H2,1-2H3;5-6H,2-3H2,1H3;1-2H3. The SMILES string of the molecule is CC.CC(C)n1nc(-c2cncc(OC(F)(F)C(F)F)c2)c2c1CCCC2.CC1(NO)CSC1. The summed E-state index contributed by atoms with van der Waals surface area (Å²) in [5.41, 5.74) is 5.64. The van der Waals surface area contributed by atoms with E-state index in [1.165, 1.54) is 12.3 Å². The van der Waals surface area contributed by atoms with Crippen molar-refractivity contribution in [2.45, 2.75) is 84.4 Å². The van der Waals surface area contributed by atoms with E-state index in [2.05, 4.69) is 20.3 Å². The summed E-state index contributed by atoms with van der Waals surface area (Å²) in [6, 6.07) is 1.45.